The lowest BCUT2D eigenvalue weighted by atomic mass is 9.95. The molecule has 2 heterocycles. The van der Waals surface area contributed by atoms with Gasteiger partial charge in [0.25, 0.3) is 5.91 Å². The summed E-state index contributed by atoms with van der Waals surface area (Å²) in [7, 11) is 3.20. The van der Waals surface area contributed by atoms with Crippen molar-refractivity contribution in [2.45, 2.75) is 19.4 Å². The van der Waals surface area contributed by atoms with Crippen LogP contribution >= 0.6 is 0 Å². The van der Waals surface area contributed by atoms with Crippen LogP contribution in [0, 0.1) is 5.92 Å². The van der Waals surface area contributed by atoms with Gasteiger partial charge in [-0.05, 0) is 62.3 Å². The highest BCUT2D eigenvalue weighted by Gasteiger charge is 2.27. The number of carbonyl (C=O) groups is 2. The van der Waals surface area contributed by atoms with Gasteiger partial charge in [0.2, 0.25) is 17.6 Å². The number of benzene rings is 2. The van der Waals surface area contributed by atoms with E-state index in [-0.39, 0.29) is 17.7 Å². The number of anilines is 1. The van der Waals surface area contributed by atoms with Gasteiger partial charge < -0.3 is 24.6 Å². The van der Waals surface area contributed by atoms with Gasteiger partial charge in [-0.2, -0.15) is 4.98 Å². The molecule has 1 fully saturated rings. The standard InChI is InChI=1S/C26H31N5O5/c1-34-16-13-27-26(33)21-5-3-4-6-22(21)28-25(32)19-11-14-31(15-12-19)17-23-29-24(30-36-23)18-7-9-20(35-2)10-8-18/h3-10,19H,11-17H2,1-2H3,(H,27,33)(H,28,32). The lowest BCUT2D eigenvalue weighted by Crippen LogP contribution is -2.38. The summed E-state index contributed by atoms with van der Waals surface area (Å²) in [6.07, 6.45) is 1.40. The van der Waals surface area contributed by atoms with E-state index in [1.54, 1.807) is 38.5 Å². The van der Waals surface area contributed by atoms with Gasteiger partial charge in [-0.15, -0.1) is 0 Å². The molecule has 1 aromatic heterocycles. The smallest absolute Gasteiger partial charge is 0.253 e. The van der Waals surface area contributed by atoms with Crippen LogP contribution in [0.25, 0.3) is 11.4 Å². The lowest BCUT2D eigenvalue weighted by Gasteiger charge is -2.30. The molecule has 0 aliphatic carbocycles. The summed E-state index contributed by atoms with van der Waals surface area (Å²) >= 11 is 0. The molecule has 1 aliphatic rings. The molecule has 0 spiro atoms. The fraction of sp³-hybridized carbons (Fsp3) is 0.385. The van der Waals surface area contributed by atoms with Crippen molar-refractivity contribution in [1.82, 2.24) is 20.4 Å². The largest absolute Gasteiger partial charge is 0.497 e. The quantitative estimate of drug-likeness (QED) is 0.414. The number of nitrogens with one attached hydrogen (secondary N) is 2. The number of rotatable bonds is 10. The van der Waals surface area contributed by atoms with Crippen molar-refractivity contribution in [2.75, 3.05) is 45.8 Å². The predicted octanol–water partition coefficient (Wildman–Crippen LogP) is 2.97. The van der Waals surface area contributed by atoms with Crippen LogP contribution in [0.1, 0.15) is 29.1 Å². The molecule has 3 aromatic rings. The van der Waals surface area contributed by atoms with Crippen LogP contribution in [0.15, 0.2) is 53.1 Å². The number of hydrogen-bond donors (Lipinski definition) is 2. The minimum Gasteiger partial charge on any atom is -0.497 e. The molecule has 2 aromatic carbocycles. The maximum atomic E-state index is 12.9. The van der Waals surface area contributed by atoms with Crippen LogP contribution < -0.4 is 15.4 Å². The summed E-state index contributed by atoms with van der Waals surface area (Å²) < 4.78 is 15.6. The van der Waals surface area contributed by atoms with Crippen LogP contribution in [0.3, 0.4) is 0 Å². The molecule has 36 heavy (non-hydrogen) atoms. The average Bonchev–Trinajstić information content (AvgIpc) is 3.38. The number of aromatic nitrogens is 2. The van der Waals surface area contributed by atoms with Gasteiger partial charge in [-0.25, -0.2) is 0 Å². The number of likely N-dealkylation sites (tertiary alicyclic amines) is 1. The zero-order valence-electron chi connectivity index (χ0n) is 20.5. The van der Waals surface area contributed by atoms with Crippen molar-refractivity contribution in [2.24, 2.45) is 5.92 Å². The second-order valence-electron chi connectivity index (χ2n) is 8.57. The summed E-state index contributed by atoms with van der Waals surface area (Å²) in [5, 5.41) is 9.82. The van der Waals surface area contributed by atoms with Crippen molar-refractivity contribution in [3.8, 4) is 17.1 Å². The molecule has 10 heteroatoms. The first-order valence-corrected chi connectivity index (χ1v) is 11.9. The number of nitrogens with zero attached hydrogens (tertiary/aromatic N) is 3. The number of methoxy groups -OCH3 is 2. The highest BCUT2D eigenvalue weighted by atomic mass is 16.5. The Labute approximate surface area is 210 Å². The van der Waals surface area contributed by atoms with Gasteiger partial charge in [-0.3, -0.25) is 14.5 Å². The van der Waals surface area contributed by atoms with Crippen LogP contribution in [-0.4, -0.2) is 67.3 Å². The molecule has 190 valence electrons. The summed E-state index contributed by atoms with van der Waals surface area (Å²) in [5.41, 5.74) is 1.80. The Morgan fingerprint density at radius 2 is 1.83 bits per heavy atom. The predicted molar refractivity (Wildman–Crippen MR) is 134 cm³/mol. The number of ether oxygens (including phenoxy) is 2. The van der Waals surface area contributed by atoms with Crippen molar-refractivity contribution in [3.05, 3.63) is 60.0 Å². The first-order chi connectivity index (χ1) is 17.6. The van der Waals surface area contributed by atoms with Crippen LogP contribution in [0.4, 0.5) is 5.69 Å². The van der Waals surface area contributed by atoms with Crippen LogP contribution in [-0.2, 0) is 16.1 Å². The summed E-state index contributed by atoms with van der Waals surface area (Å²) in [6.45, 7) is 2.82. The third-order valence-corrected chi connectivity index (χ3v) is 6.15. The second-order valence-corrected chi connectivity index (χ2v) is 8.57. The highest BCUT2D eigenvalue weighted by Crippen LogP contribution is 2.24. The number of amides is 2. The van der Waals surface area contributed by atoms with Crippen molar-refractivity contribution in [3.63, 3.8) is 0 Å². The molecule has 4 rings (SSSR count). The summed E-state index contributed by atoms with van der Waals surface area (Å²) in [4.78, 5) is 32.1. The van der Waals surface area contributed by atoms with Gasteiger partial charge in [0.15, 0.2) is 0 Å². The third-order valence-electron chi connectivity index (χ3n) is 6.15. The molecule has 10 nitrogen and oxygen atoms in total. The van der Waals surface area contributed by atoms with Gasteiger partial charge in [0, 0.05) is 25.1 Å². The van der Waals surface area contributed by atoms with E-state index in [2.05, 4.69) is 25.7 Å². The zero-order valence-corrected chi connectivity index (χ0v) is 20.5. The van der Waals surface area contributed by atoms with E-state index in [0.717, 1.165) is 24.4 Å². The monoisotopic (exact) mass is 493 g/mol. The van der Waals surface area contributed by atoms with E-state index in [0.29, 0.717) is 55.5 Å². The maximum absolute atomic E-state index is 12.9. The van der Waals surface area contributed by atoms with E-state index in [1.807, 2.05) is 24.3 Å². The fourth-order valence-electron chi connectivity index (χ4n) is 4.11. The second kappa shape index (κ2) is 12.3. The maximum Gasteiger partial charge on any atom is 0.253 e. The van der Waals surface area contributed by atoms with E-state index in [4.69, 9.17) is 14.0 Å². The van der Waals surface area contributed by atoms with Gasteiger partial charge in [0.05, 0.1) is 31.5 Å². The molecule has 0 unspecified atom stereocenters. The van der Waals surface area contributed by atoms with Crippen LogP contribution in [0.2, 0.25) is 0 Å². The Hall–Kier alpha value is -3.76. The average molecular weight is 494 g/mol. The number of hydrogen-bond acceptors (Lipinski definition) is 8. The van der Waals surface area contributed by atoms with E-state index in [9.17, 15) is 9.59 Å². The summed E-state index contributed by atoms with van der Waals surface area (Å²) in [6, 6.07) is 14.5. The minimum absolute atomic E-state index is 0.0774. The highest BCUT2D eigenvalue weighted by molar-refractivity contribution is 6.04. The molecule has 1 saturated heterocycles. The molecule has 0 saturated carbocycles. The fourth-order valence-corrected chi connectivity index (χ4v) is 4.11. The number of carbonyl (C=O) groups excluding carboxylic acids is 2. The Morgan fingerprint density at radius 3 is 2.56 bits per heavy atom. The Balaban J connectivity index is 1.28. The number of para-hydroxylation sites is 1. The van der Waals surface area contributed by atoms with Crippen LogP contribution in [0.5, 0.6) is 5.75 Å². The SMILES string of the molecule is COCCNC(=O)c1ccccc1NC(=O)C1CCN(Cc2nc(-c3ccc(OC)cc3)no2)CC1. The molecule has 2 N–H and O–H groups in total. The molecule has 2 amide bonds. The normalized spacial score (nSPS) is 14.4. The molecular weight excluding hydrogens is 462 g/mol. The Morgan fingerprint density at radius 1 is 1.08 bits per heavy atom. The van der Waals surface area contributed by atoms with E-state index < -0.39 is 0 Å². The number of piperidine rings is 1. The molecule has 0 bridgehead atoms. The van der Waals surface area contributed by atoms with E-state index in [1.165, 1.54) is 0 Å². The minimum atomic E-state index is -0.244. The third kappa shape index (κ3) is 6.46. The van der Waals surface area contributed by atoms with Crippen molar-refractivity contribution >= 4 is 17.5 Å². The van der Waals surface area contributed by atoms with Crippen molar-refractivity contribution < 1.29 is 23.6 Å². The zero-order chi connectivity index (χ0) is 25.3. The first-order valence-electron chi connectivity index (χ1n) is 11.9. The lowest BCUT2D eigenvalue weighted by molar-refractivity contribution is -0.121. The van der Waals surface area contributed by atoms with Gasteiger partial charge >= 0.3 is 0 Å². The van der Waals surface area contributed by atoms with Gasteiger partial charge in [0.1, 0.15) is 5.75 Å². The topological polar surface area (TPSA) is 119 Å². The molecular formula is C26H31N5O5. The Kier molecular flexibility index (Phi) is 8.64. The van der Waals surface area contributed by atoms with Crippen molar-refractivity contribution in [1.29, 1.82) is 0 Å². The molecule has 0 radical (unpaired) electrons. The van der Waals surface area contributed by atoms with Gasteiger partial charge in [-0.1, -0.05) is 17.3 Å². The Bertz CT molecular complexity index is 1160. The molecule has 0 atom stereocenters. The summed E-state index contributed by atoms with van der Waals surface area (Å²) in [5.74, 6) is 1.38. The molecule has 1 aliphatic heterocycles. The first kappa shape index (κ1) is 25.3. The van der Waals surface area contributed by atoms with E-state index >= 15 is 0 Å².